The first kappa shape index (κ1) is 7.79. The lowest BCUT2D eigenvalue weighted by Gasteiger charge is -2.11. The van der Waals surface area contributed by atoms with Crippen LogP contribution in [0.4, 0.5) is 5.69 Å². The van der Waals surface area contributed by atoms with E-state index in [0.29, 0.717) is 0 Å². The Morgan fingerprint density at radius 2 is 1.91 bits per heavy atom. The predicted octanol–water partition coefficient (Wildman–Crippen LogP) is 2.13. The molecule has 1 rings (SSSR count). The van der Waals surface area contributed by atoms with E-state index in [1.165, 1.54) is 0 Å². The summed E-state index contributed by atoms with van der Waals surface area (Å²) < 4.78 is 0. The van der Waals surface area contributed by atoms with Crippen LogP contribution in [0.25, 0.3) is 0 Å². The Balaban J connectivity index is 2.76. The fourth-order valence-electron chi connectivity index (χ4n) is 0.884. The van der Waals surface area contributed by atoms with E-state index in [2.05, 4.69) is 5.10 Å². The minimum Gasteiger partial charge on any atom is -0.269 e. The number of anilines is 1. The highest BCUT2D eigenvalue weighted by Gasteiger charge is 1.92. The Kier molecular flexibility index (Phi) is 2.66. The van der Waals surface area contributed by atoms with Crippen LogP contribution in [0.3, 0.4) is 0 Å². The van der Waals surface area contributed by atoms with Gasteiger partial charge in [0.05, 0.1) is 5.69 Å². The molecule has 0 fully saturated rings. The van der Waals surface area contributed by atoms with Gasteiger partial charge >= 0.3 is 0 Å². The van der Waals surface area contributed by atoms with E-state index in [9.17, 15) is 0 Å². The first-order valence-electron chi connectivity index (χ1n) is 3.62. The highest BCUT2D eigenvalue weighted by atomic mass is 15.4. The molecule has 58 valence electrons. The van der Waals surface area contributed by atoms with Crippen LogP contribution in [-0.4, -0.2) is 13.3 Å². The van der Waals surface area contributed by atoms with Crippen molar-refractivity contribution in [2.24, 2.45) is 5.10 Å². The van der Waals surface area contributed by atoms with Crippen molar-refractivity contribution in [3.05, 3.63) is 30.3 Å². The van der Waals surface area contributed by atoms with Gasteiger partial charge in [-0.15, -0.1) is 0 Å². The lowest BCUT2D eigenvalue weighted by Crippen LogP contribution is -2.07. The van der Waals surface area contributed by atoms with Crippen LogP contribution < -0.4 is 5.01 Å². The molecular weight excluding hydrogens is 136 g/mol. The van der Waals surface area contributed by atoms with Crippen LogP contribution in [0, 0.1) is 0 Å². The van der Waals surface area contributed by atoms with Crippen LogP contribution in [0.1, 0.15) is 6.92 Å². The molecule has 0 aliphatic heterocycles. The molecule has 0 aromatic heterocycles. The number of benzene rings is 1. The monoisotopic (exact) mass is 148 g/mol. The van der Waals surface area contributed by atoms with Gasteiger partial charge in [0, 0.05) is 13.3 Å². The Bertz CT molecular complexity index is 229. The molecule has 0 unspecified atom stereocenters. The van der Waals surface area contributed by atoms with E-state index >= 15 is 0 Å². The van der Waals surface area contributed by atoms with E-state index in [1.807, 2.05) is 49.3 Å². The van der Waals surface area contributed by atoms with Gasteiger partial charge in [0.25, 0.3) is 0 Å². The van der Waals surface area contributed by atoms with Gasteiger partial charge in [-0.05, 0) is 19.1 Å². The van der Waals surface area contributed by atoms with Crippen LogP contribution >= 0.6 is 0 Å². The molecular formula is C9H12N2. The van der Waals surface area contributed by atoms with Gasteiger partial charge in [-0.2, -0.15) is 5.10 Å². The van der Waals surface area contributed by atoms with Gasteiger partial charge in [-0.25, -0.2) is 0 Å². The summed E-state index contributed by atoms with van der Waals surface area (Å²) in [6.45, 7) is 1.90. The van der Waals surface area contributed by atoms with Crippen LogP contribution in [0.2, 0.25) is 0 Å². The quantitative estimate of drug-likeness (QED) is 0.463. The normalized spacial score (nSPS) is 10.4. The number of hydrazone groups is 1. The maximum absolute atomic E-state index is 4.10. The van der Waals surface area contributed by atoms with Crippen molar-refractivity contribution >= 4 is 11.9 Å². The second-order valence-corrected chi connectivity index (χ2v) is 2.23. The minimum absolute atomic E-state index is 1.10. The third-order valence-electron chi connectivity index (χ3n) is 1.42. The Morgan fingerprint density at radius 3 is 2.45 bits per heavy atom. The Morgan fingerprint density at radius 1 is 1.27 bits per heavy atom. The first-order valence-corrected chi connectivity index (χ1v) is 3.62. The van der Waals surface area contributed by atoms with Crippen molar-refractivity contribution in [3.63, 3.8) is 0 Å². The van der Waals surface area contributed by atoms with E-state index in [0.717, 1.165) is 5.69 Å². The maximum atomic E-state index is 4.10. The van der Waals surface area contributed by atoms with Gasteiger partial charge in [-0.1, -0.05) is 18.2 Å². The summed E-state index contributed by atoms with van der Waals surface area (Å²) in [5.74, 6) is 0. The van der Waals surface area contributed by atoms with Gasteiger partial charge in [0.1, 0.15) is 0 Å². The van der Waals surface area contributed by atoms with Crippen molar-refractivity contribution in [2.75, 3.05) is 12.1 Å². The molecule has 0 amide bonds. The average molecular weight is 148 g/mol. The molecule has 0 heterocycles. The zero-order valence-electron chi connectivity index (χ0n) is 6.86. The summed E-state index contributed by atoms with van der Waals surface area (Å²) in [5, 5.41) is 5.94. The summed E-state index contributed by atoms with van der Waals surface area (Å²) in [6, 6.07) is 10.0. The molecule has 0 atom stereocenters. The van der Waals surface area contributed by atoms with Gasteiger partial charge < -0.3 is 0 Å². The van der Waals surface area contributed by atoms with Crippen molar-refractivity contribution in [2.45, 2.75) is 6.92 Å². The van der Waals surface area contributed by atoms with Crippen molar-refractivity contribution in [3.8, 4) is 0 Å². The molecule has 2 heteroatoms. The number of para-hydroxylation sites is 1. The Hall–Kier alpha value is -1.31. The lowest BCUT2D eigenvalue weighted by atomic mass is 10.3. The highest BCUT2D eigenvalue weighted by Crippen LogP contribution is 2.10. The molecule has 0 aliphatic rings. The second kappa shape index (κ2) is 3.76. The molecule has 1 aromatic carbocycles. The van der Waals surface area contributed by atoms with Gasteiger partial charge in [-0.3, -0.25) is 5.01 Å². The lowest BCUT2D eigenvalue weighted by molar-refractivity contribution is 1.02. The molecule has 0 saturated heterocycles. The van der Waals surface area contributed by atoms with E-state index < -0.39 is 0 Å². The summed E-state index contributed by atoms with van der Waals surface area (Å²) in [7, 11) is 1.93. The van der Waals surface area contributed by atoms with E-state index in [-0.39, 0.29) is 0 Å². The number of rotatable bonds is 2. The van der Waals surface area contributed by atoms with E-state index in [1.54, 1.807) is 6.21 Å². The highest BCUT2D eigenvalue weighted by molar-refractivity contribution is 5.57. The maximum Gasteiger partial charge on any atom is 0.0590 e. The molecule has 0 radical (unpaired) electrons. The minimum atomic E-state index is 1.10. The molecule has 0 aliphatic carbocycles. The van der Waals surface area contributed by atoms with Crippen molar-refractivity contribution in [1.29, 1.82) is 0 Å². The molecule has 0 saturated carbocycles. The first-order chi connectivity index (χ1) is 5.34. The second-order valence-electron chi connectivity index (χ2n) is 2.23. The van der Waals surface area contributed by atoms with Crippen LogP contribution in [-0.2, 0) is 0 Å². The largest absolute Gasteiger partial charge is 0.269 e. The molecule has 0 spiro atoms. The van der Waals surface area contributed by atoms with Crippen LogP contribution in [0.15, 0.2) is 35.4 Å². The van der Waals surface area contributed by atoms with Crippen LogP contribution in [0.5, 0.6) is 0 Å². The van der Waals surface area contributed by atoms with E-state index in [4.69, 9.17) is 0 Å². The van der Waals surface area contributed by atoms with Gasteiger partial charge in [0.2, 0.25) is 0 Å². The molecule has 11 heavy (non-hydrogen) atoms. The summed E-state index contributed by atoms with van der Waals surface area (Å²) >= 11 is 0. The molecule has 2 nitrogen and oxygen atoms in total. The summed E-state index contributed by atoms with van der Waals surface area (Å²) in [4.78, 5) is 0. The Labute approximate surface area is 67.2 Å². The zero-order chi connectivity index (χ0) is 8.10. The number of hydrogen-bond acceptors (Lipinski definition) is 2. The topological polar surface area (TPSA) is 15.6 Å². The smallest absolute Gasteiger partial charge is 0.0590 e. The summed E-state index contributed by atoms with van der Waals surface area (Å²) in [6.07, 6.45) is 1.77. The van der Waals surface area contributed by atoms with Gasteiger partial charge in [0.15, 0.2) is 0 Å². The standard InChI is InChI=1S/C9H12N2/c1-3-10-11(2)9-7-5-4-6-8-9/h3-8H,1-2H3/b10-3-. The fourth-order valence-corrected chi connectivity index (χ4v) is 0.884. The zero-order valence-corrected chi connectivity index (χ0v) is 6.86. The molecule has 0 N–H and O–H groups in total. The SMILES string of the molecule is C/C=N\N(C)c1ccccc1. The average Bonchev–Trinajstić information content (AvgIpc) is 2.07. The third kappa shape index (κ3) is 2.08. The summed E-state index contributed by atoms with van der Waals surface area (Å²) in [5.41, 5.74) is 1.10. The third-order valence-corrected chi connectivity index (χ3v) is 1.42. The molecule has 0 bridgehead atoms. The number of nitrogens with zero attached hydrogens (tertiary/aromatic N) is 2. The predicted molar refractivity (Wildman–Crippen MR) is 49.0 cm³/mol. The number of hydrogen-bond donors (Lipinski definition) is 0. The van der Waals surface area contributed by atoms with Crippen molar-refractivity contribution < 1.29 is 0 Å². The fraction of sp³-hybridized carbons (Fsp3) is 0.222. The molecule has 1 aromatic rings. The van der Waals surface area contributed by atoms with Crippen molar-refractivity contribution in [1.82, 2.24) is 0 Å².